The molecule has 0 aromatic rings. The van der Waals surface area contributed by atoms with Crippen LogP contribution in [0.5, 0.6) is 0 Å². The Hall–Kier alpha value is -0.240. The van der Waals surface area contributed by atoms with E-state index in [9.17, 15) is 0 Å². The topological polar surface area (TPSA) is 6.25 Å². The lowest BCUT2D eigenvalue weighted by Gasteiger charge is -2.06. The van der Waals surface area contributed by atoms with Crippen molar-refractivity contribution in [1.29, 1.82) is 0 Å². The monoisotopic (exact) mass is 175 g/mol. The number of hydrogen-bond donors (Lipinski definition) is 0. The van der Waals surface area contributed by atoms with Gasteiger partial charge in [-0.05, 0) is 6.42 Å². The van der Waals surface area contributed by atoms with Gasteiger partial charge in [0.2, 0.25) is 0 Å². The summed E-state index contributed by atoms with van der Waals surface area (Å²) < 4.78 is 2.09. The third-order valence-electron chi connectivity index (χ3n) is 2.06. The van der Waals surface area contributed by atoms with Crippen molar-refractivity contribution in [1.82, 2.24) is 4.90 Å². The summed E-state index contributed by atoms with van der Waals surface area (Å²) in [4.78, 5) is 2.24. The molecule has 1 heterocycles. The summed E-state index contributed by atoms with van der Waals surface area (Å²) in [5.41, 5.74) is 0. The zero-order valence-corrected chi connectivity index (χ0v) is 8.06. The molecule has 0 amide bonds. The molecule has 64 valence electrons. The van der Waals surface area contributed by atoms with Crippen LogP contribution in [-0.2, 0) is 0 Å². The van der Waals surface area contributed by atoms with Crippen LogP contribution in [0.25, 0.3) is 0 Å². The molecule has 1 aliphatic rings. The minimum atomic E-state index is 0.915. The summed E-state index contributed by atoms with van der Waals surface area (Å²) in [6.45, 7) is 5.48. The first-order valence-electron chi connectivity index (χ1n) is 4.24. The Morgan fingerprint density at radius 1 is 1.64 bits per heavy atom. The molecule has 0 N–H and O–H groups in total. The molecule has 0 aromatic carbocycles. The summed E-state index contributed by atoms with van der Waals surface area (Å²) in [5.74, 6) is 0. The molecular weight excluding hydrogens is 160 g/mol. The highest BCUT2D eigenvalue weighted by molar-refractivity contribution is 6.63. The van der Waals surface area contributed by atoms with Crippen LogP contribution in [0, 0.1) is 0 Å². The van der Waals surface area contributed by atoms with Crippen LogP contribution in [0.2, 0.25) is 0 Å². The molecule has 0 fully saturated rings. The summed E-state index contributed by atoms with van der Waals surface area (Å²) >= 11 is 6.03. The van der Waals surface area contributed by atoms with Crippen LogP contribution in [0.15, 0.2) is 0 Å². The molecule has 0 saturated heterocycles. The first kappa shape index (κ1) is 8.85. The van der Waals surface area contributed by atoms with E-state index in [1.807, 2.05) is 7.05 Å². The Morgan fingerprint density at radius 3 is 2.82 bits per heavy atom. The van der Waals surface area contributed by atoms with Crippen LogP contribution < -0.4 is 0 Å². The number of halogens is 1. The van der Waals surface area contributed by atoms with E-state index in [1.165, 1.54) is 12.8 Å². The van der Waals surface area contributed by atoms with Gasteiger partial charge in [0.25, 0.3) is 0 Å². The quantitative estimate of drug-likeness (QED) is 0.464. The normalized spacial score (nSPS) is 18.3. The Bertz CT molecular complexity index is 165. The van der Waals surface area contributed by atoms with Crippen LogP contribution >= 0.6 is 11.6 Å². The van der Waals surface area contributed by atoms with E-state index in [0.717, 1.165) is 24.9 Å². The minimum Gasteiger partial charge on any atom is -0.250 e. The molecule has 0 radical (unpaired) electrons. The molecule has 0 atom stereocenters. The van der Waals surface area contributed by atoms with Crippen LogP contribution in [0.1, 0.15) is 19.8 Å². The highest BCUT2D eigenvalue weighted by Gasteiger charge is 2.25. The minimum absolute atomic E-state index is 0.915. The van der Waals surface area contributed by atoms with Crippen molar-refractivity contribution in [2.24, 2.45) is 0 Å². The zero-order chi connectivity index (χ0) is 8.27. The van der Waals surface area contributed by atoms with Gasteiger partial charge in [-0.15, -0.1) is 0 Å². The molecule has 1 rings (SSSR count). The summed E-state index contributed by atoms with van der Waals surface area (Å²) in [6.07, 6.45) is 2.48. The third kappa shape index (κ3) is 2.09. The highest BCUT2D eigenvalue weighted by Crippen LogP contribution is 2.05. The number of rotatable bonds is 3. The van der Waals surface area contributed by atoms with E-state index in [4.69, 9.17) is 11.6 Å². The number of unbranched alkanes of at least 4 members (excludes halogenated alkanes) is 1. The molecule has 11 heavy (non-hydrogen) atoms. The molecular formula is C8H16ClN2+. The smallest absolute Gasteiger partial charge is 0.250 e. The van der Waals surface area contributed by atoms with Crippen molar-refractivity contribution < 1.29 is 4.58 Å². The van der Waals surface area contributed by atoms with E-state index in [0.29, 0.717) is 0 Å². The average Bonchev–Trinajstić information content (AvgIpc) is 2.31. The van der Waals surface area contributed by atoms with Gasteiger partial charge in [0.1, 0.15) is 13.1 Å². The maximum atomic E-state index is 6.03. The second-order valence-electron chi connectivity index (χ2n) is 3.03. The van der Waals surface area contributed by atoms with Crippen LogP contribution in [-0.4, -0.2) is 41.5 Å². The fourth-order valence-corrected chi connectivity index (χ4v) is 1.50. The van der Waals surface area contributed by atoms with E-state index >= 15 is 0 Å². The van der Waals surface area contributed by atoms with Crippen molar-refractivity contribution in [3.63, 3.8) is 0 Å². The number of amidine groups is 1. The standard InChI is InChI=1S/C8H16ClN2/c1-3-4-5-11-7-6-10(2)8(11)9/h3-7H2,1-2H3/q+1. The van der Waals surface area contributed by atoms with Gasteiger partial charge >= 0.3 is 5.29 Å². The maximum Gasteiger partial charge on any atom is 0.345 e. The number of nitrogens with zero attached hydrogens (tertiary/aromatic N) is 2. The van der Waals surface area contributed by atoms with Crippen LogP contribution in [0.4, 0.5) is 0 Å². The van der Waals surface area contributed by atoms with Gasteiger partial charge in [-0.2, -0.15) is 0 Å². The molecule has 0 unspecified atom stereocenters. The van der Waals surface area contributed by atoms with Gasteiger partial charge < -0.3 is 0 Å². The van der Waals surface area contributed by atoms with Gasteiger partial charge in [-0.3, -0.25) is 4.58 Å². The molecule has 0 aromatic heterocycles. The molecule has 2 nitrogen and oxygen atoms in total. The third-order valence-corrected chi connectivity index (χ3v) is 2.59. The predicted molar refractivity (Wildman–Crippen MR) is 48.4 cm³/mol. The van der Waals surface area contributed by atoms with E-state index in [1.54, 1.807) is 0 Å². The van der Waals surface area contributed by atoms with E-state index in [2.05, 4.69) is 16.4 Å². The summed E-state index contributed by atoms with van der Waals surface area (Å²) in [6, 6.07) is 0. The van der Waals surface area contributed by atoms with Gasteiger partial charge in [-0.1, -0.05) is 13.3 Å². The molecule has 3 heteroatoms. The summed E-state index contributed by atoms with van der Waals surface area (Å²) in [5, 5.41) is 0.915. The van der Waals surface area contributed by atoms with Gasteiger partial charge in [0.15, 0.2) is 0 Å². The molecule has 0 bridgehead atoms. The molecule has 0 saturated carbocycles. The number of hydrogen-bond acceptors (Lipinski definition) is 1. The lowest BCUT2D eigenvalue weighted by molar-refractivity contribution is -0.484. The average molecular weight is 176 g/mol. The SMILES string of the molecule is CCCCN1CC[N+](C)=C1Cl. The molecule has 1 aliphatic heterocycles. The van der Waals surface area contributed by atoms with Gasteiger partial charge in [0.05, 0.1) is 13.6 Å². The first-order chi connectivity index (χ1) is 5.25. The second-order valence-corrected chi connectivity index (χ2v) is 3.37. The second kappa shape index (κ2) is 3.96. The Balaban J connectivity index is 2.37. The van der Waals surface area contributed by atoms with Crippen molar-refractivity contribution in [3.8, 4) is 0 Å². The Kier molecular flexibility index (Phi) is 3.18. The van der Waals surface area contributed by atoms with Gasteiger partial charge in [0, 0.05) is 11.6 Å². The fourth-order valence-electron chi connectivity index (χ4n) is 1.25. The van der Waals surface area contributed by atoms with E-state index < -0.39 is 0 Å². The highest BCUT2D eigenvalue weighted by atomic mass is 35.5. The van der Waals surface area contributed by atoms with Gasteiger partial charge in [-0.25, -0.2) is 4.90 Å². The zero-order valence-electron chi connectivity index (χ0n) is 7.31. The van der Waals surface area contributed by atoms with Crippen molar-refractivity contribution in [3.05, 3.63) is 0 Å². The largest absolute Gasteiger partial charge is 0.345 e. The van der Waals surface area contributed by atoms with E-state index in [-0.39, 0.29) is 0 Å². The summed E-state index contributed by atoms with van der Waals surface area (Å²) in [7, 11) is 2.04. The Morgan fingerprint density at radius 2 is 2.36 bits per heavy atom. The molecule has 0 aliphatic carbocycles. The fraction of sp³-hybridized carbons (Fsp3) is 0.875. The first-order valence-corrected chi connectivity index (χ1v) is 4.62. The Labute approximate surface area is 73.5 Å². The predicted octanol–water partition coefficient (Wildman–Crippen LogP) is 1.34. The van der Waals surface area contributed by atoms with Crippen molar-refractivity contribution >= 4 is 16.9 Å². The lowest BCUT2D eigenvalue weighted by atomic mass is 10.3. The maximum absolute atomic E-state index is 6.03. The van der Waals surface area contributed by atoms with Crippen LogP contribution in [0.3, 0.4) is 0 Å². The molecule has 0 spiro atoms. The van der Waals surface area contributed by atoms with Crippen molar-refractivity contribution in [2.75, 3.05) is 26.7 Å². The number of likely N-dealkylation sites (N-methyl/N-ethyl adjacent to an activating group) is 1. The van der Waals surface area contributed by atoms with Crippen molar-refractivity contribution in [2.45, 2.75) is 19.8 Å². The lowest BCUT2D eigenvalue weighted by Crippen LogP contribution is -2.25.